The summed E-state index contributed by atoms with van der Waals surface area (Å²) in [6.45, 7) is 6.10. The number of piperidine rings is 1. The molecule has 0 bridgehead atoms. The van der Waals surface area contributed by atoms with Crippen LogP contribution in [-0.2, 0) is 20.8 Å². The Kier molecular flexibility index (Phi) is 7.47. The smallest absolute Gasteiger partial charge is 0.249 e. The molecule has 1 aromatic carbocycles. The Morgan fingerprint density at radius 1 is 1.27 bits per heavy atom. The molecular weight excluding hydrogens is 328 g/mol. The molecule has 1 N–H and O–H groups in total. The highest BCUT2D eigenvalue weighted by molar-refractivity contribution is 5.80. The third-order valence-corrected chi connectivity index (χ3v) is 5.28. The van der Waals surface area contributed by atoms with Crippen LogP contribution in [0.15, 0.2) is 30.3 Å². The van der Waals surface area contributed by atoms with Crippen molar-refractivity contribution >= 4 is 5.91 Å². The number of carbonyl (C=O) groups excluding carboxylic acids is 1. The normalized spacial score (nSPS) is 25.6. The number of nitrogens with zero attached hydrogens (tertiary/aromatic N) is 1. The molecule has 144 valence electrons. The number of likely N-dealkylation sites (tertiary alicyclic amines) is 1. The van der Waals surface area contributed by atoms with Crippen LogP contribution in [0.1, 0.15) is 44.6 Å². The van der Waals surface area contributed by atoms with Crippen molar-refractivity contribution in [3.8, 4) is 0 Å². The summed E-state index contributed by atoms with van der Waals surface area (Å²) in [6.07, 6.45) is 5.23. The van der Waals surface area contributed by atoms with E-state index in [0.29, 0.717) is 6.61 Å². The molecule has 2 aliphatic heterocycles. The van der Waals surface area contributed by atoms with Gasteiger partial charge in [-0.2, -0.15) is 0 Å². The van der Waals surface area contributed by atoms with Crippen molar-refractivity contribution in [2.24, 2.45) is 0 Å². The number of hydrogen-bond acceptors (Lipinski definition) is 4. The van der Waals surface area contributed by atoms with Gasteiger partial charge in [-0.3, -0.25) is 9.69 Å². The van der Waals surface area contributed by atoms with Gasteiger partial charge in [-0.25, -0.2) is 0 Å². The lowest BCUT2D eigenvalue weighted by molar-refractivity contribution is -0.136. The molecule has 2 heterocycles. The summed E-state index contributed by atoms with van der Waals surface area (Å²) in [6, 6.07) is 10.7. The topological polar surface area (TPSA) is 50.8 Å². The van der Waals surface area contributed by atoms with Crippen molar-refractivity contribution in [3.63, 3.8) is 0 Å². The highest BCUT2D eigenvalue weighted by atomic mass is 16.5. The molecule has 2 fully saturated rings. The van der Waals surface area contributed by atoms with Gasteiger partial charge in [0.05, 0.1) is 12.7 Å². The number of amides is 1. The summed E-state index contributed by atoms with van der Waals surface area (Å²) in [5.41, 5.74) is 1.32. The van der Waals surface area contributed by atoms with E-state index < -0.39 is 6.10 Å². The Balaban J connectivity index is 1.39. The third kappa shape index (κ3) is 6.08. The molecule has 5 nitrogen and oxygen atoms in total. The van der Waals surface area contributed by atoms with Gasteiger partial charge >= 0.3 is 0 Å². The molecule has 3 atom stereocenters. The van der Waals surface area contributed by atoms with E-state index in [-0.39, 0.29) is 18.1 Å². The lowest BCUT2D eigenvalue weighted by Crippen LogP contribution is -2.50. The molecular formula is C21H32N2O3. The molecule has 3 rings (SSSR count). The number of rotatable bonds is 7. The van der Waals surface area contributed by atoms with Crippen LogP contribution in [0, 0.1) is 0 Å². The van der Waals surface area contributed by atoms with Crippen LogP contribution in [0.25, 0.3) is 0 Å². The highest BCUT2D eigenvalue weighted by Gasteiger charge is 2.24. The minimum absolute atomic E-state index is 0.00706. The van der Waals surface area contributed by atoms with E-state index >= 15 is 0 Å². The molecule has 1 aromatic rings. The maximum absolute atomic E-state index is 12.5. The molecule has 3 unspecified atom stereocenters. The fraction of sp³-hybridized carbons (Fsp3) is 0.667. The van der Waals surface area contributed by atoms with Crippen molar-refractivity contribution in [1.82, 2.24) is 10.2 Å². The summed E-state index contributed by atoms with van der Waals surface area (Å²) in [4.78, 5) is 14.9. The van der Waals surface area contributed by atoms with Crippen molar-refractivity contribution in [1.29, 1.82) is 0 Å². The van der Waals surface area contributed by atoms with E-state index in [1.807, 2.05) is 13.0 Å². The Labute approximate surface area is 157 Å². The van der Waals surface area contributed by atoms with Crippen molar-refractivity contribution < 1.29 is 14.3 Å². The van der Waals surface area contributed by atoms with Crippen molar-refractivity contribution in [2.45, 2.75) is 63.8 Å². The monoisotopic (exact) mass is 360 g/mol. The van der Waals surface area contributed by atoms with E-state index in [2.05, 4.69) is 34.5 Å². The second-order valence-corrected chi connectivity index (χ2v) is 7.53. The molecule has 2 saturated heterocycles. The van der Waals surface area contributed by atoms with Gasteiger partial charge in [0.1, 0.15) is 6.10 Å². The van der Waals surface area contributed by atoms with Crippen LogP contribution >= 0.6 is 0 Å². The first-order valence-electron chi connectivity index (χ1n) is 10.0. The number of hydrogen-bond donors (Lipinski definition) is 1. The van der Waals surface area contributed by atoms with Crippen LogP contribution in [0.3, 0.4) is 0 Å². The second kappa shape index (κ2) is 10.0. The van der Waals surface area contributed by atoms with E-state index in [0.717, 1.165) is 51.9 Å². The molecule has 0 radical (unpaired) electrons. The molecule has 0 spiro atoms. The predicted octanol–water partition coefficient (Wildman–Crippen LogP) is 2.74. The minimum Gasteiger partial charge on any atom is -0.376 e. The largest absolute Gasteiger partial charge is 0.376 e. The summed E-state index contributed by atoms with van der Waals surface area (Å²) in [5, 5.41) is 3.18. The van der Waals surface area contributed by atoms with Gasteiger partial charge in [0.25, 0.3) is 0 Å². The Morgan fingerprint density at radius 3 is 2.88 bits per heavy atom. The molecule has 0 aliphatic carbocycles. The van der Waals surface area contributed by atoms with Gasteiger partial charge in [-0.05, 0) is 51.1 Å². The Bertz CT molecular complexity index is 545. The minimum atomic E-state index is -0.426. The Morgan fingerprint density at radius 2 is 2.12 bits per heavy atom. The van der Waals surface area contributed by atoms with Crippen LogP contribution in [0.2, 0.25) is 0 Å². The van der Waals surface area contributed by atoms with Gasteiger partial charge in [-0.15, -0.1) is 0 Å². The summed E-state index contributed by atoms with van der Waals surface area (Å²) in [7, 11) is 0. The average molecular weight is 360 g/mol. The standard InChI is InChI=1S/C21H32N2O3/c1-17(26-16-20-11-5-6-13-25-20)21(24)22-19-10-7-12-23(15-19)14-18-8-3-2-4-9-18/h2-4,8-9,17,19-20H,5-7,10-16H2,1H3,(H,22,24). The second-order valence-electron chi connectivity index (χ2n) is 7.53. The summed E-state index contributed by atoms with van der Waals surface area (Å²) in [5.74, 6) is -0.00706. The van der Waals surface area contributed by atoms with Crippen LogP contribution < -0.4 is 5.32 Å². The third-order valence-electron chi connectivity index (χ3n) is 5.28. The van der Waals surface area contributed by atoms with Crippen molar-refractivity contribution in [2.75, 3.05) is 26.3 Å². The molecule has 0 saturated carbocycles. The van der Waals surface area contributed by atoms with Gasteiger partial charge < -0.3 is 14.8 Å². The quantitative estimate of drug-likeness (QED) is 0.812. The maximum Gasteiger partial charge on any atom is 0.249 e. The fourth-order valence-electron chi connectivity index (χ4n) is 3.74. The van der Waals surface area contributed by atoms with E-state index in [1.54, 1.807) is 0 Å². The van der Waals surface area contributed by atoms with E-state index in [9.17, 15) is 4.79 Å². The zero-order chi connectivity index (χ0) is 18.2. The predicted molar refractivity (Wildman–Crippen MR) is 102 cm³/mol. The zero-order valence-electron chi connectivity index (χ0n) is 15.9. The number of ether oxygens (including phenoxy) is 2. The van der Waals surface area contributed by atoms with E-state index in [4.69, 9.17) is 9.47 Å². The Hall–Kier alpha value is -1.43. The first-order chi connectivity index (χ1) is 12.7. The lowest BCUT2D eigenvalue weighted by atomic mass is 10.0. The summed E-state index contributed by atoms with van der Waals surface area (Å²) < 4.78 is 11.4. The van der Waals surface area contributed by atoms with E-state index in [1.165, 1.54) is 12.0 Å². The van der Waals surface area contributed by atoms with Crippen molar-refractivity contribution in [3.05, 3.63) is 35.9 Å². The van der Waals surface area contributed by atoms with Gasteiger partial charge in [0.15, 0.2) is 0 Å². The van der Waals surface area contributed by atoms with Crippen LogP contribution in [0.4, 0.5) is 0 Å². The van der Waals surface area contributed by atoms with Gasteiger partial charge in [-0.1, -0.05) is 30.3 Å². The molecule has 1 amide bonds. The lowest BCUT2D eigenvalue weighted by Gasteiger charge is -2.33. The molecule has 26 heavy (non-hydrogen) atoms. The zero-order valence-corrected chi connectivity index (χ0v) is 15.9. The number of carbonyl (C=O) groups is 1. The van der Waals surface area contributed by atoms with Gasteiger partial charge in [0, 0.05) is 25.7 Å². The fourth-order valence-corrected chi connectivity index (χ4v) is 3.74. The number of nitrogens with one attached hydrogen (secondary N) is 1. The summed E-state index contributed by atoms with van der Waals surface area (Å²) >= 11 is 0. The SMILES string of the molecule is CC(OCC1CCCCO1)C(=O)NC1CCCN(Cc2ccccc2)C1. The van der Waals surface area contributed by atoms with Gasteiger partial charge in [0.2, 0.25) is 5.91 Å². The first-order valence-corrected chi connectivity index (χ1v) is 10.0. The average Bonchev–Trinajstić information content (AvgIpc) is 2.68. The van der Waals surface area contributed by atoms with Crippen LogP contribution in [-0.4, -0.2) is 55.4 Å². The molecule has 5 heteroatoms. The maximum atomic E-state index is 12.5. The highest BCUT2D eigenvalue weighted by Crippen LogP contribution is 2.15. The van der Waals surface area contributed by atoms with Crippen LogP contribution in [0.5, 0.6) is 0 Å². The molecule has 2 aliphatic rings. The number of benzene rings is 1. The first kappa shape index (κ1) is 19.3. The molecule has 0 aromatic heterocycles.